The highest BCUT2D eigenvalue weighted by Gasteiger charge is 2.12. The van der Waals surface area contributed by atoms with E-state index in [1.54, 1.807) is 29.1 Å². The van der Waals surface area contributed by atoms with Gasteiger partial charge >= 0.3 is 0 Å². The summed E-state index contributed by atoms with van der Waals surface area (Å²) >= 11 is 0. The van der Waals surface area contributed by atoms with Gasteiger partial charge in [0.1, 0.15) is 11.8 Å². The Labute approximate surface area is 182 Å². The molecule has 0 saturated carbocycles. The monoisotopic (exact) mass is 427 g/mol. The van der Waals surface area contributed by atoms with E-state index < -0.39 is 5.82 Å². The molecule has 0 saturated heterocycles. The van der Waals surface area contributed by atoms with Crippen LogP contribution in [0.15, 0.2) is 66.9 Å². The quantitative estimate of drug-likeness (QED) is 0.286. The second-order valence-electron chi connectivity index (χ2n) is 7.27. The lowest BCUT2D eigenvalue weighted by Crippen LogP contribution is -2.03. The van der Waals surface area contributed by atoms with Crippen LogP contribution in [0.3, 0.4) is 0 Å². The van der Waals surface area contributed by atoms with Gasteiger partial charge in [-0.1, -0.05) is 17.3 Å². The van der Waals surface area contributed by atoms with Crippen molar-refractivity contribution in [2.45, 2.75) is 13.0 Å². The van der Waals surface area contributed by atoms with Crippen LogP contribution in [0.2, 0.25) is 0 Å². The predicted molar refractivity (Wildman–Crippen MR) is 118 cm³/mol. The van der Waals surface area contributed by atoms with Crippen molar-refractivity contribution >= 4 is 28.4 Å². The Balaban J connectivity index is 1.44. The normalized spacial score (nSPS) is 11.2. The molecule has 0 amide bonds. The zero-order valence-corrected chi connectivity index (χ0v) is 17.0. The molecule has 3 heterocycles. The van der Waals surface area contributed by atoms with Crippen LogP contribution in [0, 0.1) is 5.82 Å². The summed E-state index contributed by atoms with van der Waals surface area (Å²) in [6.45, 7) is 0.634. The molecule has 0 atom stereocenters. The molecule has 0 spiro atoms. The number of aromatic nitrogens is 5. The number of halogens is 1. The summed E-state index contributed by atoms with van der Waals surface area (Å²) in [5.41, 5.74) is 4.46. The largest absolute Gasteiger partial charge is 0.490 e. The lowest BCUT2D eigenvalue weighted by Gasteiger charge is -2.08. The Hall–Kier alpha value is -4.20. The van der Waals surface area contributed by atoms with Crippen LogP contribution < -0.4 is 4.74 Å². The molecule has 0 radical (unpaired) electrons. The third-order valence-corrected chi connectivity index (χ3v) is 5.08. The van der Waals surface area contributed by atoms with E-state index in [9.17, 15) is 9.18 Å². The van der Waals surface area contributed by atoms with Crippen molar-refractivity contribution in [2.75, 3.05) is 6.61 Å². The SMILES string of the molecule is O=CCCOc1ccc(-c2ccc3nnn(Cc4ccc5ncccc5c4)c3n2)cc1F. The molecule has 3 aromatic heterocycles. The summed E-state index contributed by atoms with van der Waals surface area (Å²) in [5.74, 6) is -0.402. The maximum absolute atomic E-state index is 14.4. The molecule has 5 aromatic rings. The van der Waals surface area contributed by atoms with Gasteiger partial charge in [-0.05, 0) is 54.1 Å². The number of aldehydes is 1. The van der Waals surface area contributed by atoms with E-state index in [4.69, 9.17) is 4.74 Å². The van der Waals surface area contributed by atoms with E-state index in [2.05, 4.69) is 26.3 Å². The van der Waals surface area contributed by atoms with E-state index in [0.29, 0.717) is 29.0 Å². The van der Waals surface area contributed by atoms with E-state index in [-0.39, 0.29) is 18.8 Å². The molecule has 7 nitrogen and oxygen atoms in total. The second-order valence-corrected chi connectivity index (χ2v) is 7.27. The number of fused-ring (bicyclic) bond motifs is 2. The predicted octanol–water partition coefficient (Wildman–Crippen LogP) is 4.20. The van der Waals surface area contributed by atoms with Gasteiger partial charge in [0, 0.05) is 23.6 Å². The highest BCUT2D eigenvalue weighted by atomic mass is 19.1. The summed E-state index contributed by atoms with van der Waals surface area (Å²) in [5, 5.41) is 9.50. The van der Waals surface area contributed by atoms with Crippen LogP contribution >= 0.6 is 0 Å². The van der Waals surface area contributed by atoms with E-state index in [1.165, 1.54) is 6.07 Å². The fourth-order valence-corrected chi connectivity index (χ4v) is 3.51. The van der Waals surface area contributed by atoms with Crippen molar-refractivity contribution in [1.82, 2.24) is 25.0 Å². The Bertz CT molecular complexity index is 1430. The van der Waals surface area contributed by atoms with Crippen molar-refractivity contribution in [2.24, 2.45) is 0 Å². The van der Waals surface area contributed by atoms with Crippen molar-refractivity contribution in [3.05, 3.63) is 78.2 Å². The average molecular weight is 427 g/mol. The smallest absolute Gasteiger partial charge is 0.179 e. The minimum absolute atomic E-state index is 0.106. The first kappa shape index (κ1) is 19.7. The maximum atomic E-state index is 14.4. The van der Waals surface area contributed by atoms with Crippen molar-refractivity contribution in [3.8, 4) is 17.0 Å². The molecule has 0 aliphatic carbocycles. The van der Waals surface area contributed by atoms with Gasteiger partial charge in [-0.15, -0.1) is 5.10 Å². The van der Waals surface area contributed by atoms with Crippen molar-refractivity contribution in [3.63, 3.8) is 0 Å². The number of carbonyl (C=O) groups excluding carboxylic acids is 1. The first-order valence-electron chi connectivity index (χ1n) is 10.1. The Morgan fingerprint density at radius 2 is 1.94 bits per heavy atom. The average Bonchev–Trinajstić information content (AvgIpc) is 3.22. The third-order valence-electron chi connectivity index (χ3n) is 5.08. The van der Waals surface area contributed by atoms with Crippen LogP contribution in [0.5, 0.6) is 5.75 Å². The summed E-state index contributed by atoms with van der Waals surface area (Å²) in [7, 11) is 0. The topological polar surface area (TPSA) is 82.8 Å². The molecule has 8 heteroatoms. The van der Waals surface area contributed by atoms with Gasteiger partial charge in [0.05, 0.1) is 24.4 Å². The molecule has 0 bridgehead atoms. The third kappa shape index (κ3) is 3.90. The van der Waals surface area contributed by atoms with Gasteiger partial charge in [-0.2, -0.15) is 0 Å². The van der Waals surface area contributed by atoms with E-state index >= 15 is 0 Å². The molecule has 0 fully saturated rings. The molecule has 158 valence electrons. The molecule has 5 rings (SSSR count). The second kappa shape index (κ2) is 8.50. The van der Waals surface area contributed by atoms with Crippen molar-refractivity contribution in [1.29, 1.82) is 0 Å². The van der Waals surface area contributed by atoms with Crippen molar-refractivity contribution < 1.29 is 13.9 Å². The molecule has 0 aliphatic rings. The van der Waals surface area contributed by atoms with Gasteiger partial charge in [0.2, 0.25) is 0 Å². The molecule has 0 aliphatic heterocycles. The zero-order valence-electron chi connectivity index (χ0n) is 17.0. The number of benzene rings is 2. The lowest BCUT2D eigenvalue weighted by atomic mass is 10.1. The minimum atomic E-state index is -0.508. The summed E-state index contributed by atoms with van der Waals surface area (Å²) < 4.78 is 21.4. The fraction of sp³-hybridized carbons (Fsp3) is 0.125. The number of nitrogens with zero attached hydrogens (tertiary/aromatic N) is 5. The van der Waals surface area contributed by atoms with Crippen LogP contribution in [0.4, 0.5) is 4.39 Å². The van der Waals surface area contributed by atoms with E-state index in [1.807, 2.05) is 30.3 Å². The molecule has 0 unspecified atom stereocenters. The lowest BCUT2D eigenvalue weighted by molar-refractivity contribution is -0.108. The first-order valence-corrected chi connectivity index (χ1v) is 10.1. The van der Waals surface area contributed by atoms with Gasteiger partial charge in [0.25, 0.3) is 0 Å². The molecular weight excluding hydrogens is 409 g/mol. The highest BCUT2D eigenvalue weighted by Crippen LogP contribution is 2.26. The standard InChI is InChI=1S/C24H18FN5O2/c25-19-14-18(5-9-23(19)32-12-2-11-31)21-7-8-22-24(27-21)30(29-28-22)15-16-4-6-20-17(13-16)3-1-10-26-20/h1,3-11,13-14H,2,12,15H2. The number of carbonyl (C=O) groups is 1. The number of pyridine rings is 2. The van der Waals surface area contributed by atoms with Crippen LogP contribution in [-0.2, 0) is 11.3 Å². The summed E-state index contributed by atoms with van der Waals surface area (Å²) in [4.78, 5) is 19.4. The molecule has 32 heavy (non-hydrogen) atoms. The fourth-order valence-electron chi connectivity index (χ4n) is 3.51. The minimum Gasteiger partial charge on any atom is -0.490 e. The Kier molecular flexibility index (Phi) is 5.25. The van der Waals surface area contributed by atoms with E-state index in [0.717, 1.165) is 22.8 Å². The number of hydrogen-bond donors (Lipinski definition) is 0. The highest BCUT2D eigenvalue weighted by molar-refractivity contribution is 5.79. The Morgan fingerprint density at radius 3 is 2.81 bits per heavy atom. The van der Waals surface area contributed by atoms with Gasteiger partial charge < -0.3 is 9.53 Å². The Morgan fingerprint density at radius 1 is 1.03 bits per heavy atom. The molecular formula is C24H18FN5O2. The first-order chi connectivity index (χ1) is 15.7. The van der Waals surface area contributed by atoms with Gasteiger partial charge in [-0.25, -0.2) is 14.1 Å². The number of hydrogen-bond acceptors (Lipinski definition) is 6. The maximum Gasteiger partial charge on any atom is 0.179 e. The molecule has 0 N–H and O–H groups in total. The van der Waals surface area contributed by atoms with Gasteiger partial charge in [-0.3, -0.25) is 4.98 Å². The van der Waals surface area contributed by atoms with Crippen LogP contribution in [0.25, 0.3) is 33.3 Å². The number of ether oxygens (including phenoxy) is 1. The van der Waals surface area contributed by atoms with Crippen LogP contribution in [0.1, 0.15) is 12.0 Å². The number of rotatable bonds is 7. The summed E-state index contributed by atoms with van der Waals surface area (Å²) in [6.07, 6.45) is 2.71. The zero-order chi connectivity index (χ0) is 21.9. The van der Waals surface area contributed by atoms with Gasteiger partial charge in [0.15, 0.2) is 17.2 Å². The summed E-state index contributed by atoms with van der Waals surface area (Å²) in [6, 6.07) is 18.2. The van der Waals surface area contributed by atoms with Crippen LogP contribution in [-0.4, -0.2) is 37.9 Å². The molecule has 2 aromatic carbocycles.